The summed E-state index contributed by atoms with van der Waals surface area (Å²) in [6.07, 6.45) is 0.668. The van der Waals surface area contributed by atoms with Gasteiger partial charge in [-0.15, -0.1) is 0 Å². The highest BCUT2D eigenvalue weighted by Gasteiger charge is 2.21. The molecule has 1 aromatic carbocycles. The van der Waals surface area contributed by atoms with E-state index in [1.165, 1.54) is 6.07 Å². The molecule has 1 aromatic rings. The van der Waals surface area contributed by atoms with Gasteiger partial charge in [-0.2, -0.15) is 0 Å². The van der Waals surface area contributed by atoms with E-state index in [1.807, 2.05) is 6.92 Å². The maximum atomic E-state index is 12.3. The fraction of sp³-hybridized carbons (Fsp3) is 0.538. The molecule has 1 atom stereocenters. The van der Waals surface area contributed by atoms with Gasteiger partial charge in [0, 0.05) is 11.0 Å². The minimum atomic E-state index is -3.71. The standard InChI is InChI=1S/C13H20BrNO4S/c1-3-5-11(16)9-15-20(17,18)13-8-10(14)6-7-12(13)19-4-2/h6-8,11,15-16H,3-5,9H2,1-2H3. The Bertz CT molecular complexity index is 533. The molecule has 0 spiro atoms. The number of aliphatic hydroxyl groups is 1. The Morgan fingerprint density at radius 2 is 2.10 bits per heavy atom. The fourth-order valence-corrected chi connectivity index (χ4v) is 3.44. The number of hydrogen-bond donors (Lipinski definition) is 2. The van der Waals surface area contributed by atoms with E-state index < -0.39 is 16.1 Å². The van der Waals surface area contributed by atoms with Crippen LogP contribution in [0, 0.1) is 0 Å². The Hall–Kier alpha value is -0.630. The second kappa shape index (κ2) is 7.97. The second-order valence-corrected chi connectivity index (χ2v) is 6.97. The van der Waals surface area contributed by atoms with Crippen LogP contribution in [0.2, 0.25) is 0 Å². The third-order valence-corrected chi connectivity index (χ3v) is 4.56. The van der Waals surface area contributed by atoms with E-state index >= 15 is 0 Å². The van der Waals surface area contributed by atoms with Crippen LogP contribution in [0.3, 0.4) is 0 Å². The molecule has 0 aliphatic heterocycles. The molecule has 5 nitrogen and oxygen atoms in total. The summed E-state index contributed by atoms with van der Waals surface area (Å²) >= 11 is 3.25. The molecule has 2 N–H and O–H groups in total. The SMILES string of the molecule is CCCC(O)CNS(=O)(=O)c1cc(Br)ccc1OCC. The van der Waals surface area contributed by atoms with Crippen molar-refractivity contribution in [2.75, 3.05) is 13.2 Å². The molecule has 1 unspecified atom stereocenters. The predicted octanol–water partition coefficient (Wildman–Crippen LogP) is 2.29. The summed E-state index contributed by atoms with van der Waals surface area (Å²) in [5, 5.41) is 9.62. The van der Waals surface area contributed by atoms with Crippen molar-refractivity contribution >= 4 is 26.0 Å². The molecule has 0 aliphatic carbocycles. The van der Waals surface area contributed by atoms with Gasteiger partial charge in [-0.1, -0.05) is 29.3 Å². The number of hydrogen-bond acceptors (Lipinski definition) is 4. The van der Waals surface area contributed by atoms with E-state index in [0.717, 1.165) is 6.42 Å². The first-order valence-electron chi connectivity index (χ1n) is 6.50. The van der Waals surface area contributed by atoms with Crippen molar-refractivity contribution in [3.05, 3.63) is 22.7 Å². The maximum Gasteiger partial charge on any atom is 0.244 e. The van der Waals surface area contributed by atoms with E-state index in [-0.39, 0.29) is 11.4 Å². The van der Waals surface area contributed by atoms with Gasteiger partial charge in [0.2, 0.25) is 10.0 Å². The van der Waals surface area contributed by atoms with Gasteiger partial charge in [-0.05, 0) is 31.5 Å². The minimum Gasteiger partial charge on any atom is -0.492 e. The van der Waals surface area contributed by atoms with E-state index in [0.29, 0.717) is 23.2 Å². The van der Waals surface area contributed by atoms with E-state index in [2.05, 4.69) is 20.7 Å². The number of nitrogens with one attached hydrogen (secondary N) is 1. The third-order valence-electron chi connectivity index (χ3n) is 2.63. The number of halogens is 1. The van der Waals surface area contributed by atoms with Crippen LogP contribution >= 0.6 is 15.9 Å². The van der Waals surface area contributed by atoms with Crippen LogP contribution in [-0.4, -0.2) is 32.8 Å². The summed E-state index contributed by atoms with van der Waals surface area (Å²) in [5.41, 5.74) is 0. The van der Waals surface area contributed by atoms with Crippen molar-refractivity contribution in [3.63, 3.8) is 0 Å². The van der Waals surface area contributed by atoms with Crippen LogP contribution in [-0.2, 0) is 10.0 Å². The first-order chi connectivity index (χ1) is 9.40. The summed E-state index contributed by atoms with van der Waals surface area (Å²) in [7, 11) is -3.71. The monoisotopic (exact) mass is 365 g/mol. The Morgan fingerprint density at radius 3 is 2.70 bits per heavy atom. The van der Waals surface area contributed by atoms with E-state index in [1.54, 1.807) is 19.1 Å². The third kappa shape index (κ3) is 5.05. The van der Waals surface area contributed by atoms with Gasteiger partial charge in [0.05, 0.1) is 12.7 Å². The molecule has 114 valence electrons. The second-order valence-electron chi connectivity index (χ2n) is 4.32. The lowest BCUT2D eigenvalue weighted by Crippen LogP contribution is -2.32. The van der Waals surface area contributed by atoms with Crippen LogP contribution in [0.5, 0.6) is 5.75 Å². The first-order valence-corrected chi connectivity index (χ1v) is 8.78. The highest BCUT2D eigenvalue weighted by molar-refractivity contribution is 9.10. The van der Waals surface area contributed by atoms with Gasteiger partial charge in [-0.25, -0.2) is 13.1 Å². The smallest absolute Gasteiger partial charge is 0.244 e. The summed E-state index contributed by atoms with van der Waals surface area (Å²) in [6, 6.07) is 4.81. The molecular weight excluding hydrogens is 346 g/mol. The van der Waals surface area contributed by atoms with Gasteiger partial charge in [0.25, 0.3) is 0 Å². The van der Waals surface area contributed by atoms with Gasteiger partial charge < -0.3 is 9.84 Å². The fourth-order valence-electron chi connectivity index (χ4n) is 1.69. The van der Waals surface area contributed by atoms with Gasteiger partial charge in [-0.3, -0.25) is 0 Å². The molecule has 0 saturated carbocycles. The number of ether oxygens (including phenoxy) is 1. The molecule has 0 radical (unpaired) electrons. The molecule has 7 heteroatoms. The number of sulfonamides is 1. The molecule has 0 heterocycles. The summed E-state index contributed by atoms with van der Waals surface area (Å²) in [4.78, 5) is 0.0671. The van der Waals surface area contributed by atoms with E-state index in [9.17, 15) is 13.5 Å². The topological polar surface area (TPSA) is 75.6 Å². The molecule has 0 saturated heterocycles. The lowest BCUT2D eigenvalue weighted by Gasteiger charge is -2.14. The summed E-state index contributed by atoms with van der Waals surface area (Å²) < 4.78 is 32.9. The van der Waals surface area contributed by atoms with Crippen molar-refractivity contribution in [1.29, 1.82) is 0 Å². The Balaban J connectivity index is 2.93. The van der Waals surface area contributed by atoms with Crippen molar-refractivity contribution in [2.24, 2.45) is 0 Å². The van der Waals surface area contributed by atoms with Gasteiger partial charge in [0.1, 0.15) is 10.6 Å². The van der Waals surface area contributed by atoms with Crippen LogP contribution in [0.1, 0.15) is 26.7 Å². The van der Waals surface area contributed by atoms with Crippen molar-refractivity contribution in [3.8, 4) is 5.75 Å². The molecule has 1 rings (SSSR count). The molecule has 0 fully saturated rings. The predicted molar refractivity (Wildman–Crippen MR) is 81.4 cm³/mol. The van der Waals surface area contributed by atoms with Crippen molar-refractivity contribution in [2.45, 2.75) is 37.7 Å². The number of aliphatic hydroxyl groups excluding tert-OH is 1. The van der Waals surface area contributed by atoms with Crippen LogP contribution < -0.4 is 9.46 Å². The largest absolute Gasteiger partial charge is 0.492 e. The molecule has 0 aliphatic rings. The molecule has 0 aromatic heterocycles. The van der Waals surface area contributed by atoms with Crippen molar-refractivity contribution in [1.82, 2.24) is 4.72 Å². The van der Waals surface area contributed by atoms with Gasteiger partial charge in [0.15, 0.2) is 0 Å². The highest BCUT2D eigenvalue weighted by atomic mass is 79.9. The lowest BCUT2D eigenvalue weighted by molar-refractivity contribution is 0.167. The summed E-state index contributed by atoms with van der Waals surface area (Å²) in [5.74, 6) is 0.299. The highest BCUT2D eigenvalue weighted by Crippen LogP contribution is 2.27. The average molecular weight is 366 g/mol. The Labute approximate surface area is 128 Å². The van der Waals surface area contributed by atoms with Crippen molar-refractivity contribution < 1.29 is 18.3 Å². The number of benzene rings is 1. The first kappa shape index (κ1) is 17.4. The maximum absolute atomic E-state index is 12.3. The summed E-state index contributed by atoms with van der Waals surface area (Å²) in [6.45, 7) is 4.09. The molecular formula is C13H20BrNO4S. The quantitative estimate of drug-likeness (QED) is 0.740. The van der Waals surface area contributed by atoms with Gasteiger partial charge >= 0.3 is 0 Å². The molecule has 0 amide bonds. The van der Waals surface area contributed by atoms with Crippen LogP contribution in [0.15, 0.2) is 27.6 Å². The Morgan fingerprint density at radius 1 is 1.40 bits per heavy atom. The zero-order valence-corrected chi connectivity index (χ0v) is 14.0. The zero-order chi connectivity index (χ0) is 15.2. The molecule has 0 bridgehead atoms. The zero-order valence-electron chi connectivity index (χ0n) is 11.6. The lowest BCUT2D eigenvalue weighted by atomic mass is 10.2. The average Bonchev–Trinajstić information content (AvgIpc) is 2.39. The van der Waals surface area contributed by atoms with E-state index in [4.69, 9.17) is 4.74 Å². The van der Waals surface area contributed by atoms with Crippen LogP contribution in [0.4, 0.5) is 0 Å². The number of rotatable bonds is 8. The molecule has 20 heavy (non-hydrogen) atoms. The van der Waals surface area contributed by atoms with Crippen LogP contribution in [0.25, 0.3) is 0 Å². The Kier molecular flexibility index (Phi) is 6.94. The normalized spacial score (nSPS) is 13.2. The minimum absolute atomic E-state index is 0.00570.